The smallest absolute Gasteiger partial charge is 0.228 e. The van der Waals surface area contributed by atoms with Gasteiger partial charge in [-0.15, -0.1) is 0 Å². The van der Waals surface area contributed by atoms with Gasteiger partial charge in [0.25, 0.3) is 0 Å². The van der Waals surface area contributed by atoms with Gasteiger partial charge in [0.15, 0.2) is 0 Å². The van der Waals surface area contributed by atoms with Crippen LogP contribution >= 0.6 is 11.6 Å². The molecule has 3 rings (SSSR count). The van der Waals surface area contributed by atoms with Crippen molar-refractivity contribution < 1.29 is 4.79 Å². The molecule has 1 amide bonds. The van der Waals surface area contributed by atoms with Crippen molar-refractivity contribution in [1.82, 2.24) is 0 Å². The Kier molecular flexibility index (Phi) is 2.42. The highest BCUT2D eigenvalue weighted by Crippen LogP contribution is 2.47. The van der Waals surface area contributed by atoms with Crippen LogP contribution in [0.4, 0.5) is 5.69 Å². The van der Waals surface area contributed by atoms with E-state index in [2.05, 4.69) is 12.2 Å². The van der Waals surface area contributed by atoms with Crippen LogP contribution in [0.2, 0.25) is 5.02 Å². The SMILES string of the molecule is CC1CC1C(N)c1cc2c(cc1Cl)NC(=O)C2. The number of halogens is 1. The van der Waals surface area contributed by atoms with Crippen molar-refractivity contribution >= 4 is 23.2 Å². The predicted molar refractivity (Wildman–Crippen MR) is 68.0 cm³/mol. The molecule has 1 aliphatic carbocycles. The lowest BCUT2D eigenvalue weighted by Crippen LogP contribution is -2.14. The summed E-state index contributed by atoms with van der Waals surface area (Å²) in [7, 11) is 0. The highest BCUT2D eigenvalue weighted by atomic mass is 35.5. The van der Waals surface area contributed by atoms with Crippen LogP contribution in [0.25, 0.3) is 0 Å². The lowest BCUT2D eigenvalue weighted by atomic mass is 9.99. The monoisotopic (exact) mass is 250 g/mol. The molecule has 0 radical (unpaired) electrons. The third kappa shape index (κ3) is 1.83. The topological polar surface area (TPSA) is 55.1 Å². The Morgan fingerprint density at radius 1 is 1.53 bits per heavy atom. The highest BCUT2D eigenvalue weighted by molar-refractivity contribution is 6.32. The third-order valence-corrected chi connectivity index (χ3v) is 4.17. The van der Waals surface area contributed by atoms with Crippen molar-refractivity contribution in [1.29, 1.82) is 0 Å². The third-order valence-electron chi connectivity index (χ3n) is 3.84. The van der Waals surface area contributed by atoms with Gasteiger partial charge >= 0.3 is 0 Å². The molecule has 1 aliphatic heterocycles. The first-order chi connectivity index (χ1) is 8.06. The van der Waals surface area contributed by atoms with Crippen LogP contribution in [0.3, 0.4) is 0 Å². The van der Waals surface area contributed by atoms with Crippen LogP contribution in [0.1, 0.15) is 30.5 Å². The summed E-state index contributed by atoms with van der Waals surface area (Å²) in [6.07, 6.45) is 1.61. The van der Waals surface area contributed by atoms with Crippen LogP contribution in [-0.4, -0.2) is 5.91 Å². The molecular weight excluding hydrogens is 236 g/mol. The lowest BCUT2D eigenvalue weighted by molar-refractivity contribution is -0.115. The number of hydrogen-bond acceptors (Lipinski definition) is 2. The second-order valence-corrected chi connectivity index (χ2v) is 5.57. The maximum atomic E-state index is 11.3. The van der Waals surface area contributed by atoms with E-state index in [-0.39, 0.29) is 11.9 Å². The summed E-state index contributed by atoms with van der Waals surface area (Å²) >= 11 is 6.24. The summed E-state index contributed by atoms with van der Waals surface area (Å²) in [5.41, 5.74) is 9.06. The van der Waals surface area contributed by atoms with Gasteiger partial charge in [0.2, 0.25) is 5.91 Å². The van der Waals surface area contributed by atoms with E-state index in [0.717, 1.165) is 16.8 Å². The molecule has 0 aromatic heterocycles. The number of nitrogens with two attached hydrogens (primary N) is 1. The number of carbonyl (C=O) groups excluding carboxylic acids is 1. The molecule has 1 saturated carbocycles. The number of amides is 1. The summed E-state index contributed by atoms with van der Waals surface area (Å²) in [4.78, 5) is 11.3. The van der Waals surface area contributed by atoms with Crippen LogP contribution in [0.15, 0.2) is 12.1 Å². The zero-order valence-electron chi connectivity index (χ0n) is 9.66. The van der Waals surface area contributed by atoms with Gasteiger partial charge in [-0.25, -0.2) is 0 Å². The standard InChI is InChI=1S/C13H15ClN2O/c1-6-2-8(6)13(15)9-3-7-4-12(17)16-11(7)5-10(9)14/h3,5-6,8,13H,2,4,15H2,1H3,(H,16,17). The molecule has 0 spiro atoms. The van der Waals surface area contributed by atoms with Gasteiger partial charge in [0.1, 0.15) is 0 Å². The molecule has 1 aromatic rings. The molecule has 4 heteroatoms. The van der Waals surface area contributed by atoms with E-state index in [1.165, 1.54) is 6.42 Å². The summed E-state index contributed by atoms with van der Waals surface area (Å²) in [5, 5.41) is 3.46. The van der Waals surface area contributed by atoms with E-state index < -0.39 is 0 Å². The first-order valence-corrected chi connectivity index (χ1v) is 6.32. The molecule has 0 saturated heterocycles. The van der Waals surface area contributed by atoms with E-state index in [0.29, 0.717) is 23.3 Å². The highest BCUT2D eigenvalue weighted by Gasteiger charge is 2.39. The second kappa shape index (κ2) is 3.72. The largest absolute Gasteiger partial charge is 0.325 e. The van der Waals surface area contributed by atoms with E-state index in [9.17, 15) is 4.79 Å². The van der Waals surface area contributed by atoms with Gasteiger partial charge in [0.05, 0.1) is 6.42 Å². The minimum absolute atomic E-state index is 0.00139. The molecular formula is C13H15ClN2O. The molecule has 1 fully saturated rings. The number of rotatable bonds is 2. The predicted octanol–water partition coefficient (Wildman–Crippen LogP) is 2.49. The number of hydrogen-bond donors (Lipinski definition) is 2. The van der Waals surface area contributed by atoms with Crippen molar-refractivity contribution in [2.75, 3.05) is 5.32 Å². The van der Waals surface area contributed by atoms with Crippen molar-refractivity contribution in [2.24, 2.45) is 17.6 Å². The molecule has 3 unspecified atom stereocenters. The summed E-state index contributed by atoms with van der Waals surface area (Å²) in [6.45, 7) is 2.21. The summed E-state index contributed by atoms with van der Waals surface area (Å²) in [5.74, 6) is 1.26. The molecule has 1 heterocycles. The molecule has 3 N–H and O–H groups in total. The zero-order chi connectivity index (χ0) is 12.2. The minimum atomic E-state index is -0.00139. The minimum Gasteiger partial charge on any atom is -0.325 e. The van der Waals surface area contributed by atoms with E-state index in [1.807, 2.05) is 12.1 Å². The Morgan fingerprint density at radius 3 is 2.88 bits per heavy atom. The zero-order valence-corrected chi connectivity index (χ0v) is 10.4. The molecule has 0 bridgehead atoms. The molecule has 17 heavy (non-hydrogen) atoms. The van der Waals surface area contributed by atoms with Crippen LogP contribution in [0.5, 0.6) is 0 Å². The molecule has 3 nitrogen and oxygen atoms in total. The van der Waals surface area contributed by atoms with E-state index in [4.69, 9.17) is 17.3 Å². The first-order valence-electron chi connectivity index (χ1n) is 5.94. The lowest BCUT2D eigenvalue weighted by Gasteiger charge is -2.15. The number of fused-ring (bicyclic) bond motifs is 1. The summed E-state index contributed by atoms with van der Waals surface area (Å²) in [6, 6.07) is 3.81. The van der Waals surface area contributed by atoms with Gasteiger partial charge in [-0.1, -0.05) is 24.6 Å². The van der Waals surface area contributed by atoms with Gasteiger partial charge in [-0.3, -0.25) is 4.79 Å². The van der Waals surface area contributed by atoms with Gasteiger partial charge < -0.3 is 11.1 Å². The quantitative estimate of drug-likeness (QED) is 0.847. The Bertz CT molecular complexity index is 500. The van der Waals surface area contributed by atoms with Crippen molar-refractivity contribution in [3.63, 3.8) is 0 Å². The second-order valence-electron chi connectivity index (χ2n) is 5.16. The normalized spacial score (nSPS) is 27.6. The molecule has 90 valence electrons. The average Bonchev–Trinajstić information content (AvgIpc) is 2.87. The van der Waals surface area contributed by atoms with Crippen LogP contribution in [0, 0.1) is 11.8 Å². The number of carbonyl (C=O) groups is 1. The van der Waals surface area contributed by atoms with Crippen molar-refractivity contribution in [3.8, 4) is 0 Å². The van der Waals surface area contributed by atoms with Gasteiger partial charge in [0, 0.05) is 16.8 Å². The van der Waals surface area contributed by atoms with Gasteiger partial charge in [-0.2, -0.15) is 0 Å². The first kappa shape index (κ1) is 11.1. The van der Waals surface area contributed by atoms with Crippen LogP contribution in [-0.2, 0) is 11.2 Å². The van der Waals surface area contributed by atoms with Crippen molar-refractivity contribution in [3.05, 3.63) is 28.3 Å². The molecule has 3 atom stereocenters. The number of anilines is 1. The van der Waals surface area contributed by atoms with Gasteiger partial charge in [-0.05, 0) is 35.4 Å². The van der Waals surface area contributed by atoms with Crippen LogP contribution < -0.4 is 11.1 Å². The fourth-order valence-corrected chi connectivity index (χ4v) is 2.89. The molecule has 1 aromatic carbocycles. The Balaban J connectivity index is 1.95. The van der Waals surface area contributed by atoms with E-state index in [1.54, 1.807) is 0 Å². The fourth-order valence-electron chi connectivity index (χ4n) is 2.60. The fraction of sp³-hybridized carbons (Fsp3) is 0.462. The number of nitrogens with one attached hydrogen (secondary N) is 1. The Hall–Kier alpha value is -1.06. The van der Waals surface area contributed by atoms with E-state index >= 15 is 0 Å². The average molecular weight is 251 g/mol. The number of benzene rings is 1. The maximum Gasteiger partial charge on any atom is 0.228 e. The summed E-state index contributed by atoms with van der Waals surface area (Å²) < 4.78 is 0. The molecule has 2 aliphatic rings. The Morgan fingerprint density at radius 2 is 2.24 bits per heavy atom. The Labute approximate surface area is 105 Å². The van der Waals surface area contributed by atoms with Crippen molar-refractivity contribution in [2.45, 2.75) is 25.8 Å². The maximum absolute atomic E-state index is 11.3.